The van der Waals surface area contributed by atoms with E-state index in [9.17, 15) is 9.18 Å². The molecule has 2 N–H and O–H groups in total. The number of carbonyl (C=O) groups excluding carboxylic acids is 1. The fraction of sp³-hybridized carbons (Fsp3) is 0.0500. The van der Waals surface area contributed by atoms with Crippen LogP contribution in [0.25, 0.3) is 12.2 Å². The van der Waals surface area contributed by atoms with Crippen molar-refractivity contribution < 1.29 is 14.4 Å². The molecule has 0 bridgehead atoms. The van der Waals surface area contributed by atoms with E-state index in [4.69, 9.17) is 5.21 Å². The first-order valence-electron chi connectivity index (χ1n) is 8.26. The standard InChI is InChI=1S/C20H15FN4O2/c21-17-11-15(20(26)24-27)7-8-16(17)12-25-18-13(3-1-9-22-18)5-6-14-4-2-10-23-19(14)25/h1-11,27H,12H2,(H,24,26). The fourth-order valence-electron chi connectivity index (χ4n) is 3.01. The molecule has 1 amide bonds. The Labute approximate surface area is 154 Å². The average Bonchev–Trinajstić information content (AvgIpc) is 2.86. The molecule has 3 aromatic rings. The topological polar surface area (TPSA) is 78.4 Å². The minimum atomic E-state index is -0.765. The third kappa shape index (κ3) is 3.16. The van der Waals surface area contributed by atoms with Crippen LogP contribution in [0.2, 0.25) is 0 Å². The van der Waals surface area contributed by atoms with E-state index in [1.54, 1.807) is 12.4 Å². The highest BCUT2D eigenvalue weighted by Crippen LogP contribution is 2.34. The second-order valence-corrected chi connectivity index (χ2v) is 6.00. The van der Waals surface area contributed by atoms with Crippen LogP contribution in [0.15, 0.2) is 54.9 Å². The van der Waals surface area contributed by atoms with Gasteiger partial charge in [0.25, 0.3) is 5.91 Å². The lowest BCUT2D eigenvalue weighted by atomic mass is 10.1. The van der Waals surface area contributed by atoms with Crippen molar-refractivity contribution in [3.63, 3.8) is 0 Å². The van der Waals surface area contributed by atoms with Crippen molar-refractivity contribution >= 4 is 29.7 Å². The Morgan fingerprint density at radius 3 is 2.22 bits per heavy atom. The molecular formula is C20H15FN4O2. The van der Waals surface area contributed by atoms with Crippen LogP contribution in [-0.2, 0) is 6.54 Å². The van der Waals surface area contributed by atoms with Crippen LogP contribution in [0.3, 0.4) is 0 Å². The molecular weight excluding hydrogens is 347 g/mol. The maximum Gasteiger partial charge on any atom is 0.274 e. The number of carbonyl (C=O) groups is 1. The molecule has 2 aromatic heterocycles. The van der Waals surface area contributed by atoms with E-state index in [-0.39, 0.29) is 12.1 Å². The van der Waals surface area contributed by atoms with Gasteiger partial charge in [0, 0.05) is 34.6 Å². The minimum Gasteiger partial charge on any atom is -0.305 e. The Hall–Kier alpha value is -3.58. The zero-order valence-electron chi connectivity index (χ0n) is 14.1. The van der Waals surface area contributed by atoms with Gasteiger partial charge in [0.05, 0.1) is 6.54 Å². The van der Waals surface area contributed by atoms with Gasteiger partial charge in [-0.15, -0.1) is 0 Å². The lowest BCUT2D eigenvalue weighted by Crippen LogP contribution is -2.22. The number of aromatic nitrogens is 2. The van der Waals surface area contributed by atoms with Crippen LogP contribution >= 0.6 is 0 Å². The number of hydrogen-bond acceptors (Lipinski definition) is 5. The van der Waals surface area contributed by atoms with Gasteiger partial charge in [0.15, 0.2) is 0 Å². The van der Waals surface area contributed by atoms with Gasteiger partial charge in [-0.1, -0.05) is 18.2 Å². The average molecular weight is 362 g/mol. The van der Waals surface area contributed by atoms with Gasteiger partial charge in [-0.3, -0.25) is 10.0 Å². The van der Waals surface area contributed by atoms with Crippen molar-refractivity contribution in [3.05, 3.63) is 82.9 Å². The number of halogens is 1. The van der Waals surface area contributed by atoms with Crippen LogP contribution in [-0.4, -0.2) is 21.1 Å². The summed E-state index contributed by atoms with van der Waals surface area (Å²) < 4.78 is 14.6. The maximum absolute atomic E-state index is 14.6. The van der Waals surface area contributed by atoms with E-state index >= 15 is 0 Å². The van der Waals surface area contributed by atoms with Crippen LogP contribution in [0.5, 0.6) is 0 Å². The lowest BCUT2D eigenvalue weighted by Gasteiger charge is -2.24. The molecule has 4 rings (SSSR count). The summed E-state index contributed by atoms with van der Waals surface area (Å²) in [6, 6.07) is 11.6. The normalized spacial score (nSPS) is 12.1. The highest BCUT2D eigenvalue weighted by molar-refractivity contribution is 5.93. The number of benzene rings is 1. The number of fused-ring (bicyclic) bond motifs is 2. The SMILES string of the molecule is O=C(NO)c1ccc(CN2c3ncccc3C=Cc3cccnc32)c(F)c1. The van der Waals surface area contributed by atoms with Gasteiger partial charge in [0.2, 0.25) is 0 Å². The summed E-state index contributed by atoms with van der Waals surface area (Å²) in [4.78, 5) is 22.2. The maximum atomic E-state index is 14.6. The van der Waals surface area contributed by atoms with Crippen molar-refractivity contribution in [2.75, 3.05) is 4.90 Å². The van der Waals surface area contributed by atoms with E-state index < -0.39 is 11.7 Å². The lowest BCUT2D eigenvalue weighted by molar-refractivity contribution is 0.0706. The van der Waals surface area contributed by atoms with Crippen molar-refractivity contribution in [2.24, 2.45) is 0 Å². The van der Waals surface area contributed by atoms with Crippen LogP contribution < -0.4 is 10.4 Å². The molecule has 3 heterocycles. The van der Waals surface area contributed by atoms with Crippen molar-refractivity contribution in [1.29, 1.82) is 0 Å². The Kier molecular flexibility index (Phi) is 4.35. The predicted octanol–water partition coefficient (Wildman–Crippen LogP) is 3.56. The fourth-order valence-corrected chi connectivity index (χ4v) is 3.01. The monoisotopic (exact) mass is 362 g/mol. The van der Waals surface area contributed by atoms with E-state index in [0.29, 0.717) is 17.2 Å². The predicted molar refractivity (Wildman–Crippen MR) is 98.9 cm³/mol. The summed E-state index contributed by atoms with van der Waals surface area (Å²) in [5.41, 5.74) is 3.70. The molecule has 6 nitrogen and oxygen atoms in total. The third-order valence-electron chi connectivity index (χ3n) is 4.33. The number of rotatable bonds is 3. The van der Waals surface area contributed by atoms with Gasteiger partial charge in [0.1, 0.15) is 17.5 Å². The number of pyridine rings is 2. The van der Waals surface area contributed by atoms with Gasteiger partial charge in [-0.25, -0.2) is 19.8 Å². The summed E-state index contributed by atoms with van der Waals surface area (Å²) >= 11 is 0. The summed E-state index contributed by atoms with van der Waals surface area (Å²) in [6.07, 6.45) is 7.26. The highest BCUT2D eigenvalue weighted by Gasteiger charge is 2.22. The molecule has 0 atom stereocenters. The summed E-state index contributed by atoms with van der Waals surface area (Å²) in [7, 11) is 0. The zero-order valence-corrected chi connectivity index (χ0v) is 14.1. The first-order valence-corrected chi connectivity index (χ1v) is 8.26. The number of nitrogens with one attached hydrogen (secondary N) is 1. The van der Waals surface area contributed by atoms with Crippen LogP contribution in [0.1, 0.15) is 27.0 Å². The molecule has 0 spiro atoms. The molecule has 1 aliphatic rings. The smallest absolute Gasteiger partial charge is 0.274 e. The molecule has 134 valence electrons. The number of nitrogens with zero attached hydrogens (tertiary/aromatic N) is 3. The van der Waals surface area contributed by atoms with E-state index in [1.807, 2.05) is 41.3 Å². The molecule has 27 heavy (non-hydrogen) atoms. The van der Waals surface area contributed by atoms with Gasteiger partial charge in [-0.2, -0.15) is 0 Å². The van der Waals surface area contributed by atoms with Gasteiger partial charge < -0.3 is 4.90 Å². The minimum absolute atomic E-state index is 0.0355. The Morgan fingerprint density at radius 1 is 1.04 bits per heavy atom. The first-order chi connectivity index (χ1) is 13.2. The summed E-state index contributed by atoms with van der Waals surface area (Å²) in [6.45, 7) is 0.183. The van der Waals surface area contributed by atoms with Crippen molar-refractivity contribution in [3.8, 4) is 0 Å². The second-order valence-electron chi connectivity index (χ2n) is 6.00. The highest BCUT2D eigenvalue weighted by atomic mass is 19.1. The number of hydroxylamine groups is 1. The third-order valence-corrected chi connectivity index (χ3v) is 4.33. The van der Waals surface area contributed by atoms with Gasteiger partial charge >= 0.3 is 0 Å². The number of anilines is 2. The zero-order chi connectivity index (χ0) is 18.8. The molecule has 7 heteroatoms. The molecule has 1 aromatic carbocycles. The number of amides is 1. The second kappa shape index (κ2) is 6.97. The van der Waals surface area contributed by atoms with Crippen LogP contribution in [0, 0.1) is 5.82 Å². The molecule has 1 aliphatic heterocycles. The van der Waals surface area contributed by atoms with Crippen molar-refractivity contribution in [2.45, 2.75) is 6.54 Å². The molecule has 0 radical (unpaired) electrons. The number of hydrogen-bond donors (Lipinski definition) is 2. The van der Waals surface area contributed by atoms with Gasteiger partial charge in [-0.05, 0) is 36.4 Å². The van der Waals surface area contributed by atoms with E-state index in [0.717, 1.165) is 17.2 Å². The molecule has 0 unspecified atom stereocenters. The summed E-state index contributed by atoms with van der Waals surface area (Å²) in [5, 5.41) is 8.71. The Bertz CT molecular complexity index is 1000. The molecule has 0 saturated carbocycles. The molecule has 0 fully saturated rings. The Balaban J connectivity index is 1.78. The first kappa shape index (κ1) is 16.9. The largest absolute Gasteiger partial charge is 0.305 e. The van der Waals surface area contributed by atoms with Crippen LogP contribution in [0.4, 0.5) is 16.0 Å². The quantitative estimate of drug-likeness (QED) is 0.550. The Morgan fingerprint density at radius 2 is 1.67 bits per heavy atom. The van der Waals surface area contributed by atoms with Crippen molar-refractivity contribution in [1.82, 2.24) is 15.4 Å². The molecule has 0 saturated heterocycles. The summed E-state index contributed by atoms with van der Waals surface area (Å²) in [5.74, 6) is 0.0206. The molecule has 0 aliphatic carbocycles. The van der Waals surface area contributed by atoms with E-state index in [1.165, 1.54) is 17.6 Å². The van der Waals surface area contributed by atoms with E-state index in [2.05, 4.69) is 9.97 Å².